The lowest BCUT2D eigenvalue weighted by atomic mass is 9.84. The molecule has 39 heavy (non-hydrogen) atoms. The average Bonchev–Trinajstić information content (AvgIpc) is 3.72. The van der Waals surface area contributed by atoms with E-state index in [0.29, 0.717) is 49.4 Å². The van der Waals surface area contributed by atoms with Crippen LogP contribution in [0.25, 0.3) is 10.9 Å². The van der Waals surface area contributed by atoms with E-state index >= 15 is 0 Å². The quantitative estimate of drug-likeness (QED) is 0.386. The molecule has 2 aliphatic carbocycles. The Kier molecular flexibility index (Phi) is 6.03. The number of rotatable bonds is 4. The molecule has 3 aliphatic rings. The van der Waals surface area contributed by atoms with Crippen LogP contribution in [0.2, 0.25) is 5.02 Å². The van der Waals surface area contributed by atoms with E-state index in [9.17, 15) is 9.59 Å². The highest BCUT2D eigenvalue weighted by Gasteiger charge is 2.30. The summed E-state index contributed by atoms with van der Waals surface area (Å²) in [5.41, 5.74) is 4.86. The van der Waals surface area contributed by atoms with Crippen molar-refractivity contribution >= 4 is 34.3 Å². The zero-order valence-electron chi connectivity index (χ0n) is 21.5. The summed E-state index contributed by atoms with van der Waals surface area (Å²) < 4.78 is 1.78. The number of hydrogen-bond donors (Lipinski definition) is 0. The van der Waals surface area contributed by atoms with Gasteiger partial charge >= 0.3 is 0 Å². The maximum Gasteiger partial charge on any atom is 0.276 e. The van der Waals surface area contributed by atoms with Gasteiger partial charge in [-0.25, -0.2) is 4.68 Å². The fourth-order valence-electron chi connectivity index (χ4n) is 5.74. The second-order valence-corrected chi connectivity index (χ2v) is 11.1. The monoisotopic (exact) mass is 541 g/mol. The molecule has 1 atom stereocenters. The van der Waals surface area contributed by atoms with Crippen molar-refractivity contribution in [2.24, 2.45) is 0 Å². The maximum atomic E-state index is 13.4. The molecule has 1 aromatic carbocycles. The summed E-state index contributed by atoms with van der Waals surface area (Å²) in [6.07, 6.45) is 8.37. The van der Waals surface area contributed by atoms with E-state index in [1.165, 1.54) is 0 Å². The molecule has 10 heteroatoms. The number of pyridine rings is 2. The molecule has 1 unspecified atom stereocenters. The molecule has 4 heterocycles. The van der Waals surface area contributed by atoms with Gasteiger partial charge in [-0.2, -0.15) is 0 Å². The summed E-state index contributed by atoms with van der Waals surface area (Å²) in [5.74, 6) is 0.111. The molecule has 7 rings (SSSR count). The van der Waals surface area contributed by atoms with Crippen molar-refractivity contribution in [2.75, 3.05) is 26.2 Å². The average molecular weight is 542 g/mol. The molecule has 2 fully saturated rings. The van der Waals surface area contributed by atoms with Gasteiger partial charge in [0.1, 0.15) is 0 Å². The van der Waals surface area contributed by atoms with Gasteiger partial charge in [0.05, 0.1) is 22.8 Å². The van der Waals surface area contributed by atoms with Crippen LogP contribution in [0.4, 0.5) is 0 Å². The predicted molar refractivity (Wildman–Crippen MR) is 146 cm³/mol. The molecule has 3 aromatic heterocycles. The molecule has 198 valence electrons. The Morgan fingerprint density at radius 3 is 2.49 bits per heavy atom. The Labute approximate surface area is 230 Å². The van der Waals surface area contributed by atoms with E-state index in [4.69, 9.17) is 16.6 Å². The van der Waals surface area contributed by atoms with Crippen LogP contribution in [-0.4, -0.2) is 72.8 Å². The number of aromatic nitrogens is 5. The molecule has 1 saturated carbocycles. The van der Waals surface area contributed by atoms with Crippen molar-refractivity contribution in [3.63, 3.8) is 0 Å². The standard InChI is InChI=1S/C29H28ClN7O2/c30-27-21-8-4-18(23-3-1-2-10-31-23)15-24(21)32-25-16-19(5-9-22(25)27)28(38)35-11-13-36(14-12-35)29(39)26-17-37(34-33-26)20-6-7-20/h1-3,5,9-10,16-18,20H,4,6-8,11-15H2. The van der Waals surface area contributed by atoms with Crippen LogP contribution in [0, 0.1) is 0 Å². The first-order valence-electron chi connectivity index (χ1n) is 13.6. The van der Waals surface area contributed by atoms with E-state index in [-0.39, 0.29) is 11.8 Å². The highest BCUT2D eigenvalue weighted by molar-refractivity contribution is 6.36. The van der Waals surface area contributed by atoms with Gasteiger partial charge in [0.25, 0.3) is 11.8 Å². The van der Waals surface area contributed by atoms with Crippen LogP contribution in [0.3, 0.4) is 0 Å². The number of amides is 2. The number of hydrogen-bond acceptors (Lipinski definition) is 6. The third kappa shape index (κ3) is 4.54. The van der Waals surface area contributed by atoms with E-state index < -0.39 is 0 Å². The summed E-state index contributed by atoms with van der Waals surface area (Å²) in [7, 11) is 0. The molecule has 0 N–H and O–H groups in total. The first-order valence-corrected chi connectivity index (χ1v) is 14.0. The van der Waals surface area contributed by atoms with Crippen LogP contribution in [-0.2, 0) is 12.8 Å². The van der Waals surface area contributed by atoms with Gasteiger partial charge in [-0.3, -0.25) is 19.6 Å². The number of benzene rings is 1. The van der Waals surface area contributed by atoms with Crippen LogP contribution < -0.4 is 0 Å². The minimum absolute atomic E-state index is 0.0642. The van der Waals surface area contributed by atoms with Crippen molar-refractivity contribution in [1.82, 2.24) is 34.8 Å². The number of carbonyl (C=O) groups is 2. The Hall–Kier alpha value is -3.85. The molecule has 0 bridgehead atoms. The lowest BCUT2D eigenvalue weighted by Gasteiger charge is -2.34. The zero-order valence-corrected chi connectivity index (χ0v) is 22.2. The zero-order chi connectivity index (χ0) is 26.5. The summed E-state index contributed by atoms with van der Waals surface area (Å²) in [6.45, 7) is 1.84. The predicted octanol–water partition coefficient (Wildman–Crippen LogP) is 4.08. The lowest BCUT2D eigenvalue weighted by Crippen LogP contribution is -2.50. The second kappa shape index (κ2) is 9.72. The maximum absolute atomic E-state index is 13.4. The van der Waals surface area contributed by atoms with E-state index in [1.54, 1.807) is 20.7 Å². The Morgan fingerprint density at radius 1 is 0.949 bits per heavy atom. The van der Waals surface area contributed by atoms with Crippen molar-refractivity contribution in [2.45, 2.75) is 44.1 Å². The molecule has 0 radical (unpaired) electrons. The molecule has 2 amide bonds. The minimum Gasteiger partial charge on any atom is -0.335 e. The Morgan fingerprint density at radius 2 is 1.74 bits per heavy atom. The summed E-state index contributed by atoms with van der Waals surface area (Å²) in [4.78, 5) is 39.4. The van der Waals surface area contributed by atoms with Gasteiger partial charge < -0.3 is 9.80 Å². The minimum atomic E-state index is -0.132. The first-order chi connectivity index (χ1) is 19.0. The van der Waals surface area contributed by atoms with Crippen LogP contribution in [0.15, 0.2) is 48.8 Å². The van der Waals surface area contributed by atoms with E-state index in [0.717, 1.165) is 65.0 Å². The fourth-order valence-corrected chi connectivity index (χ4v) is 6.10. The van der Waals surface area contributed by atoms with Gasteiger partial charge in [0, 0.05) is 60.6 Å². The normalized spacial score (nSPS) is 19.3. The fraction of sp³-hybridized carbons (Fsp3) is 0.379. The smallest absolute Gasteiger partial charge is 0.276 e. The summed E-state index contributed by atoms with van der Waals surface area (Å²) >= 11 is 6.85. The van der Waals surface area contributed by atoms with Crippen molar-refractivity contribution in [3.8, 4) is 0 Å². The summed E-state index contributed by atoms with van der Waals surface area (Å²) in [6, 6.07) is 12.0. The molecule has 4 aromatic rings. The topological polar surface area (TPSA) is 97.1 Å². The van der Waals surface area contributed by atoms with Crippen LogP contribution >= 0.6 is 11.6 Å². The van der Waals surface area contributed by atoms with Gasteiger partial charge in [-0.15, -0.1) is 5.10 Å². The van der Waals surface area contributed by atoms with Crippen LogP contribution in [0.1, 0.15) is 69.0 Å². The number of halogens is 1. The number of carbonyl (C=O) groups excluding carboxylic acids is 2. The number of fused-ring (bicyclic) bond motifs is 2. The van der Waals surface area contributed by atoms with E-state index in [2.05, 4.69) is 21.4 Å². The highest BCUT2D eigenvalue weighted by Crippen LogP contribution is 2.38. The molecule has 9 nitrogen and oxygen atoms in total. The van der Waals surface area contributed by atoms with Crippen molar-refractivity contribution < 1.29 is 9.59 Å². The van der Waals surface area contributed by atoms with Crippen molar-refractivity contribution in [3.05, 3.63) is 82.0 Å². The largest absolute Gasteiger partial charge is 0.335 e. The molecule has 0 spiro atoms. The van der Waals surface area contributed by atoms with Gasteiger partial charge in [-0.05, 0) is 61.9 Å². The molecule has 1 saturated heterocycles. The van der Waals surface area contributed by atoms with Gasteiger partial charge in [-0.1, -0.05) is 28.9 Å². The van der Waals surface area contributed by atoms with Crippen LogP contribution in [0.5, 0.6) is 0 Å². The number of nitrogens with zero attached hydrogens (tertiary/aromatic N) is 7. The van der Waals surface area contributed by atoms with Gasteiger partial charge in [0.15, 0.2) is 5.69 Å². The molecular weight excluding hydrogens is 514 g/mol. The molecule has 1 aliphatic heterocycles. The third-order valence-corrected chi connectivity index (χ3v) is 8.57. The Balaban J connectivity index is 1.06. The number of piperazine rings is 1. The summed E-state index contributed by atoms with van der Waals surface area (Å²) in [5, 5.41) is 9.76. The first kappa shape index (κ1) is 24.2. The third-order valence-electron chi connectivity index (χ3n) is 8.14. The second-order valence-electron chi connectivity index (χ2n) is 10.7. The van der Waals surface area contributed by atoms with Crippen molar-refractivity contribution in [1.29, 1.82) is 0 Å². The Bertz CT molecular complexity index is 1580. The highest BCUT2D eigenvalue weighted by atomic mass is 35.5. The SMILES string of the molecule is O=C(c1ccc2c(Cl)c3c(nc2c1)CC(c1ccccn1)CC3)N1CCN(C(=O)c2cn(C3CC3)nn2)CC1. The lowest BCUT2D eigenvalue weighted by molar-refractivity contribution is 0.0532. The van der Waals surface area contributed by atoms with E-state index in [1.807, 2.05) is 36.5 Å². The molecular formula is C29H28ClN7O2. The van der Waals surface area contributed by atoms with Gasteiger partial charge in [0.2, 0.25) is 0 Å².